The van der Waals surface area contributed by atoms with E-state index in [1.807, 2.05) is 35.7 Å². The molecule has 652 valence electrons. The predicted octanol–water partition coefficient (Wildman–Crippen LogP) is 32.7. The first kappa shape index (κ1) is 94.6. The molecule has 11 heteroatoms. The highest BCUT2D eigenvalue weighted by atomic mass is 32.2. The van der Waals surface area contributed by atoms with Gasteiger partial charge in [-0.3, -0.25) is 0 Å². The third-order valence-corrected chi connectivity index (χ3v) is 25.1. The van der Waals surface area contributed by atoms with Crippen molar-refractivity contribution >= 4 is 108 Å². The molecule has 4 bridgehead atoms. The first-order valence-electron chi connectivity index (χ1n) is 47.2. The Hall–Kier alpha value is -10.1. The van der Waals surface area contributed by atoms with E-state index in [0.717, 1.165) is 165 Å². The molecular weight excluding hydrogens is 1560 g/mol. The summed E-state index contributed by atoms with van der Waals surface area (Å²) < 4.78 is 25.0. The number of hydrogen-bond donors (Lipinski definition) is 2. The van der Waals surface area contributed by atoms with Crippen LogP contribution in [0, 0.1) is 0 Å². The molecule has 9 aromatic carbocycles. The number of benzene rings is 9. The Bertz CT molecular complexity index is 4480. The lowest BCUT2D eigenvalue weighted by Gasteiger charge is -2.14. The summed E-state index contributed by atoms with van der Waals surface area (Å²) in [6, 6.07) is 68.5. The van der Waals surface area contributed by atoms with Crippen LogP contribution in [-0.2, 0) is 23.0 Å². The second-order valence-electron chi connectivity index (χ2n) is 33.7. The van der Waals surface area contributed by atoms with E-state index in [1.165, 1.54) is 219 Å². The van der Waals surface area contributed by atoms with Gasteiger partial charge in [-0.05, 0) is 211 Å². The van der Waals surface area contributed by atoms with Gasteiger partial charge in [0.15, 0.2) is 5.82 Å². The minimum absolute atomic E-state index is 0.101. The fourth-order valence-corrected chi connectivity index (χ4v) is 17.8. The molecule has 0 atom stereocenters. The van der Waals surface area contributed by atoms with Gasteiger partial charge in [0.25, 0.3) is 0 Å². The smallest absolute Gasteiger partial charge is 0.225 e. The topological polar surface area (TPSA) is 128 Å². The van der Waals surface area contributed by atoms with E-state index >= 15 is 0 Å². The fraction of sp³-hybridized carbons (Fsp3) is 0.389. The lowest BCUT2D eigenvalue weighted by molar-refractivity contribution is 0.304. The van der Waals surface area contributed by atoms with E-state index in [-0.39, 0.29) is 11.9 Å². The van der Waals surface area contributed by atoms with E-state index < -0.39 is 0 Å². The molecule has 0 aliphatic carbocycles. The Morgan fingerprint density at radius 2 is 0.492 bits per heavy atom. The van der Waals surface area contributed by atoms with E-state index in [2.05, 4.69) is 291 Å². The SMILES string of the molecule is CCCCCCCCCCOc1ccc(/C=C\c2cc(/C=C/c3ccc(OCCCCCCCCCC)cc3)cc(/C=C/c3cc4c(/C=C/c5cc(/C=C/c6ccc(OCCCCCCCCCC)cc6)cc(/C=C/c6ccc(OCCCCCCCCCC)cc6)c5)cc3CSCc3cc(cc(-c5ccc(-c6nc(N)nc(N)n6)cc5)c3)CSC4)c2)cc1. The van der Waals surface area contributed by atoms with Gasteiger partial charge in [0, 0.05) is 28.6 Å². The molecule has 0 saturated heterocycles. The Morgan fingerprint density at radius 1 is 0.242 bits per heavy atom. The molecule has 10 aromatic rings. The maximum atomic E-state index is 6.24. The van der Waals surface area contributed by atoms with Crippen LogP contribution in [0.15, 0.2) is 188 Å². The quantitative estimate of drug-likeness (QED) is 0.0279. The monoisotopic (exact) mass is 1690 g/mol. The van der Waals surface area contributed by atoms with E-state index in [4.69, 9.17) is 30.4 Å². The fourth-order valence-electron chi connectivity index (χ4n) is 15.8. The largest absolute Gasteiger partial charge is 0.494 e. The van der Waals surface area contributed by atoms with Gasteiger partial charge in [0.1, 0.15) is 23.0 Å². The van der Waals surface area contributed by atoms with Crippen molar-refractivity contribution in [3.05, 3.63) is 277 Å². The van der Waals surface area contributed by atoms with Gasteiger partial charge in [-0.2, -0.15) is 38.5 Å². The van der Waals surface area contributed by atoms with Crippen molar-refractivity contribution in [1.82, 2.24) is 15.0 Å². The molecular formula is C113H139N5O4S2. The van der Waals surface area contributed by atoms with Crippen molar-refractivity contribution < 1.29 is 18.9 Å². The highest BCUT2D eigenvalue weighted by molar-refractivity contribution is 7.98. The summed E-state index contributed by atoms with van der Waals surface area (Å²) in [4.78, 5) is 12.8. The summed E-state index contributed by atoms with van der Waals surface area (Å²) in [5, 5.41) is 0. The van der Waals surface area contributed by atoms with Crippen molar-refractivity contribution in [3.8, 4) is 45.5 Å². The number of hydrogen-bond acceptors (Lipinski definition) is 11. The first-order chi connectivity index (χ1) is 61.1. The van der Waals surface area contributed by atoms with E-state index in [9.17, 15) is 0 Å². The number of fused-ring (bicyclic) bond motifs is 6. The zero-order chi connectivity index (χ0) is 86.1. The van der Waals surface area contributed by atoms with Gasteiger partial charge in [0.05, 0.1) is 26.4 Å². The van der Waals surface area contributed by atoms with Gasteiger partial charge >= 0.3 is 0 Å². The number of rotatable bonds is 54. The van der Waals surface area contributed by atoms with Crippen molar-refractivity contribution in [2.45, 2.75) is 256 Å². The molecule has 0 spiro atoms. The second-order valence-corrected chi connectivity index (χ2v) is 35.6. The lowest BCUT2D eigenvalue weighted by Crippen LogP contribution is -2.04. The average molecular weight is 1700 g/mol. The molecule has 0 fully saturated rings. The maximum absolute atomic E-state index is 6.24. The summed E-state index contributed by atoms with van der Waals surface area (Å²) in [7, 11) is 0. The van der Waals surface area contributed by atoms with Gasteiger partial charge in [-0.1, -0.05) is 384 Å². The van der Waals surface area contributed by atoms with Crippen molar-refractivity contribution in [1.29, 1.82) is 0 Å². The van der Waals surface area contributed by atoms with Crippen molar-refractivity contribution in [2.75, 3.05) is 37.9 Å². The second kappa shape index (κ2) is 55.3. The van der Waals surface area contributed by atoms with Crippen LogP contribution < -0.4 is 30.4 Å². The van der Waals surface area contributed by atoms with Crippen LogP contribution in [0.25, 0.3) is 95.4 Å². The molecule has 0 radical (unpaired) electrons. The molecule has 9 nitrogen and oxygen atoms in total. The third kappa shape index (κ3) is 35.2. The molecule has 124 heavy (non-hydrogen) atoms. The normalized spacial score (nSPS) is 12.5. The number of nitrogen functional groups attached to an aromatic ring is 2. The highest BCUT2D eigenvalue weighted by Crippen LogP contribution is 2.36. The predicted molar refractivity (Wildman–Crippen MR) is 541 cm³/mol. The molecule has 2 aliphatic rings. The number of nitrogens with zero attached hydrogens (tertiary/aromatic N) is 3. The van der Waals surface area contributed by atoms with Gasteiger partial charge < -0.3 is 30.4 Å². The highest BCUT2D eigenvalue weighted by Gasteiger charge is 2.15. The van der Waals surface area contributed by atoms with Crippen LogP contribution >= 0.6 is 23.5 Å². The molecule has 3 heterocycles. The number of thioether (sulfide) groups is 2. The number of aromatic nitrogens is 3. The van der Waals surface area contributed by atoms with Crippen LogP contribution in [0.4, 0.5) is 11.9 Å². The van der Waals surface area contributed by atoms with Gasteiger partial charge in [-0.15, -0.1) is 0 Å². The number of nitrogens with two attached hydrogens (primary N) is 2. The molecule has 0 amide bonds. The molecule has 12 rings (SSSR count). The molecule has 2 aliphatic heterocycles. The van der Waals surface area contributed by atoms with E-state index in [1.54, 1.807) is 0 Å². The van der Waals surface area contributed by atoms with Crippen LogP contribution in [0.3, 0.4) is 0 Å². The zero-order valence-corrected chi connectivity index (χ0v) is 76.7. The van der Waals surface area contributed by atoms with Crippen LogP contribution in [0.5, 0.6) is 23.0 Å². The Labute approximate surface area is 753 Å². The standard InChI is InChI=1S/C113H139N5O4S2/c1-5-9-13-17-21-25-29-33-69-119-107-61-47-88(48-62-107)37-41-92-73-93(42-38-89-49-63-108(64-50-89)120-70-34-30-26-22-18-14-10-6-2)76-96(75-92)45-55-102-82-106-87-124-85-99-79-98(80-104(81-99)100-57-59-101(60-58-100)111-116-112(114)118-113(115)117-111)84-123-86-105(102)83-103(106)56-46-97-77-94(43-39-90-51-65-109(66-52-90)121-71-35-31-27-23-19-15-11-7-3)74-95(78-97)44-40-91-53-67-110(68-54-91)122-72-36-32-28-24-20-16-12-8-4/h37-68,73-83H,5-36,69-72,84-87H2,1-4H3,(H4,114,115,116,117,118)/b41-37-,42-38+,43-39+,44-40+,55-45+,56-46+. The minimum atomic E-state index is 0.101. The Kier molecular flexibility index (Phi) is 42.2. The Morgan fingerprint density at radius 3 is 0.774 bits per heavy atom. The van der Waals surface area contributed by atoms with Crippen molar-refractivity contribution in [2.24, 2.45) is 0 Å². The maximum Gasteiger partial charge on any atom is 0.225 e. The first-order valence-corrected chi connectivity index (χ1v) is 49.5. The van der Waals surface area contributed by atoms with Gasteiger partial charge in [-0.25, -0.2) is 0 Å². The zero-order valence-electron chi connectivity index (χ0n) is 75.1. The summed E-state index contributed by atoms with van der Waals surface area (Å²) in [5.41, 5.74) is 33.9. The molecule has 0 unspecified atom stereocenters. The molecule has 1 aromatic heterocycles. The van der Waals surface area contributed by atoms with Crippen LogP contribution in [0.1, 0.15) is 322 Å². The van der Waals surface area contributed by atoms with Crippen molar-refractivity contribution in [3.63, 3.8) is 0 Å². The summed E-state index contributed by atoms with van der Waals surface area (Å²) in [6.45, 7) is 12.1. The Balaban J connectivity index is 0.884. The minimum Gasteiger partial charge on any atom is -0.494 e. The van der Waals surface area contributed by atoms with E-state index in [0.29, 0.717) is 5.82 Å². The molecule has 0 saturated carbocycles. The third-order valence-electron chi connectivity index (χ3n) is 23.0. The van der Waals surface area contributed by atoms with Gasteiger partial charge in [0.2, 0.25) is 11.9 Å². The number of unbranched alkanes of at least 4 members (excludes halogenated alkanes) is 28. The number of ether oxygens (including phenoxy) is 4. The molecule has 4 N–H and O–H groups in total. The van der Waals surface area contributed by atoms with Crippen LogP contribution in [0.2, 0.25) is 0 Å². The van der Waals surface area contributed by atoms with Crippen LogP contribution in [-0.4, -0.2) is 41.4 Å². The average Bonchev–Trinajstić information content (AvgIpc) is 0.956. The number of anilines is 2. The summed E-state index contributed by atoms with van der Waals surface area (Å²) in [5.74, 6) is 7.62. The summed E-state index contributed by atoms with van der Waals surface area (Å²) >= 11 is 3.92. The summed E-state index contributed by atoms with van der Waals surface area (Å²) in [6.07, 6.45) is 68.2. The lowest BCUT2D eigenvalue weighted by atomic mass is 9.97.